The standard InChI is InChI=1S/C14H17BrO3/c1-13(2,7-12(16)17)14(8-18-9-14)10-5-3-4-6-11(10)15/h3-6H,7-9H2,1-2H3,(H,16,17). The lowest BCUT2D eigenvalue weighted by Crippen LogP contribution is -2.57. The van der Waals surface area contributed by atoms with Crippen molar-refractivity contribution in [2.75, 3.05) is 13.2 Å². The van der Waals surface area contributed by atoms with E-state index in [0.29, 0.717) is 13.2 Å². The van der Waals surface area contributed by atoms with E-state index in [-0.39, 0.29) is 17.3 Å². The van der Waals surface area contributed by atoms with E-state index in [9.17, 15) is 4.79 Å². The van der Waals surface area contributed by atoms with Crippen LogP contribution in [0, 0.1) is 5.41 Å². The van der Waals surface area contributed by atoms with Gasteiger partial charge in [-0.15, -0.1) is 0 Å². The molecule has 0 spiro atoms. The van der Waals surface area contributed by atoms with Gasteiger partial charge in [0.15, 0.2) is 0 Å². The minimum atomic E-state index is -0.765. The number of carboxylic acid groups (broad SMARTS) is 1. The predicted octanol–water partition coefficient (Wildman–Crippen LogP) is 3.22. The molecular weight excluding hydrogens is 296 g/mol. The molecule has 1 heterocycles. The topological polar surface area (TPSA) is 46.5 Å². The summed E-state index contributed by atoms with van der Waals surface area (Å²) in [4.78, 5) is 11.1. The Balaban J connectivity index is 2.43. The molecule has 0 aromatic heterocycles. The van der Waals surface area contributed by atoms with Crippen LogP contribution in [0.2, 0.25) is 0 Å². The van der Waals surface area contributed by atoms with Gasteiger partial charge >= 0.3 is 5.97 Å². The van der Waals surface area contributed by atoms with E-state index in [1.165, 1.54) is 0 Å². The van der Waals surface area contributed by atoms with Gasteiger partial charge in [-0.1, -0.05) is 48.0 Å². The van der Waals surface area contributed by atoms with Crippen molar-refractivity contribution in [2.45, 2.75) is 25.7 Å². The Kier molecular flexibility index (Phi) is 3.52. The molecule has 1 aromatic rings. The molecular formula is C14H17BrO3. The molecule has 0 bridgehead atoms. The molecule has 0 aliphatic carbocycles. The fourth-order valence-corrected chi connectivity index (χ4v) is 3.28. The molecule has 1 N–H and O–H groups in total. The van der Waals surface area contributed by atoms with Crippen LogP contribution in [-0.4, -0.2) is 24.3 Å². The maximum Gasteiger partial charge on any atom is 0.303 e. The van der Waals surface area contributed by atoms with Crippen LogP contribution in [0.4, 0.5) is 0 Å². The van der Waals surface area contributed by atoms with E-state index >= 15 is 0 Å². The van der Waals surface area contributed by atoms with Crippen LogP contribution in [0.5, 0.6) is 0 Å². The van der Waals surface area contributed by atoms with Gasteiger partial charge in [-0.2, -0.15) is 0 Å². The second-order valence-electron chi connectivity index (χ2n) is 5.51. The number of rotatable bonds is 4. The van der Waals surface area contributed by atoms with Crippen molar-refractivity contribution in [3.8, 4) is 0 Å². The number of hydrogen-bond donors (Lipinski definition) is 1. The zero-order chi connectivity index (χ0) is 13.4. The predicted molar refractivity (Wildman–Crippen MR) is 72.7 cm³/mol. The fourth-order valence-electron chi connectivity index (χ4n) is 2.61. The SMILES string of the molecule is CC(C)(CC(=O)O)C1(c2ccccc2Br)COC1. The van der Waals surface area contributed by atoms with Gasteiger partial charge < -0.3 is 9.84 Å². The Morgan fingerprint density at radius 2 is 2.06 bits per heavy atom. The molecule has 18 heavy (non-hydrogen) atoms. The van der Waals surface area contributed by atoms with Crippen molar-refractivity contribution in [3.63, 3.8) is 0 Å². The summed E-state index contributed by atoms with van der Waals surface area (Å²) >= 11 is 3.56. The Morgan fingerprint density at radius 1 is 1.44 bits per heavy atom. The monoisotopic (exact) mass is 312 g/mol. The van der Waals surface area contributed by atoms with Crippen molar-refractivity contribution in [2.24, 2.45) is 5.41 Å². The highest BCUT2D eigenvalue weighted by Crippen LogP contribution is 2.51. The normalized spacial score (nSPS) is 18.2. The summed E-state index contributed by atoms with van der Waals surface area (Å²) in [5.74, 6) is -0.765. The first-order valence-corrected chi connectivity index (χ1v) is 6.73. The third-order valence-corrected chi connectivity index (χ3v) is 4.67. The van der Waals surface area contributed by atoms with Gasteiger partial charge in [0.25, 0.3) is 0 Å². The minimum Gasteiger partial charge on any atom is -0.481 e. The molecule has 4 heteroatoms. The van der Waals surface area contributed by atoms with Crippen LogP contribution in [0.25, 0.3) is 0 Å². The first kappa shape index (κ1) is 13.6. The average molecular weight is 313 g/mol. The highest BCUT2D eigenvalue weighted by Gasteiger charge is 2.53. The number of carbonyl (C=O) groups is 1. The lowest BCUT2D eigenvalue weighted by molar-refractivity contribution is -0.151. The number of ether oxygens (including phenoxy) is 1. The van der Waals surface area contributed by atoms with E-state index in [2.05, 4.69) is 22.0 Å². The molecule has 1 saturated heterocycles. The molecule has 0 amide bonds. The fraction of sp³-hybridized carbons (Fsp3) is 0.500. The number of halogens is 1. The first-order valence-electron chi connectivity index (χ1n) is 5.94. The number of aliphatic carboxylic acids is 1. The first-order chi connectivity index (χ1) is 8.39. The average Bonchev–Trinajstić information content (AvgIpc) is 2.16. The van der Waals surface area contributed by atoms with Crippen molar-refractivity contribution >= 4 is 21.9 Å². The molecule has 2 rings (SSSR count). The smallest absolute Gasteiger partial charge is 0.303 e. The Labute approximate surface area is 115 Å². The van der Waals surface area contributed by atoms with Crippen molar-refractivity contribution in [1.82, 2.24) is 0 Å². The van der Waals surface area contributed by atoms with Gasteiger partial charge in [-0.3, -0.25) is 4.79 Å². The van der Waals surface area contributed by atoms with E-state index in [1.54, 1.807) is 0 Å². The van der Waals surface area contributed by atoms with Crippen molar-refractivity contribution in [3.05, 3.63) is 34.3 Å². The van der Waals surface area contributed by atoms with Crippen molar-refractivity contribution < 1.29 is 14.6 Å². The molecule has 1 aromatic carbocycles. The lowest BCUT2D eigenvalue weighted by Gasteiger charge is -2.52. The summed E-state index contributed by atoms with van der Waals surface area (Å²) in [6, 6.07) is 7.99. The van der Waals surface area contributed by atoms with Crippen LogP contribution in [0.3, 0.4) is 0 Å². The summed E-state index contributed by atoms with van der Waals surface area (Å²) in [6.45, 7) is 5.16. The van der Waals surface area contributed by atoms with Crippen LogP contribution < -0.4 is 0 Å². The Morgan fingerprint density at radius 3 is 2.50 bits per heavy atom. The third-order valence-electron chi connectivity index (χ3n) is 3.98. The van der Waals surface area contributed by atoms with Crippen LogP contribution in [0.15, 0.2) is 28.7 Å². The summed E-state index contributed by atoms with van der Waals surface area (Å²) in [5.41, 5.74) is 0.578. The number of benzene rings is 1. The molecule has 1 fully saturated rings. The third kappa shape index (κ3) is 2.08. The molecule has 1 aliphatic heterocycles. The summed E-state index contributed by atoms with van der Waals surface area (Å²) < 4.78 is 6.42. The zero-order valence-corrected chi connectivity index (χ0v) is 12.2. The van der Waals surface area contributed by atoms with E-state index in [1.807, 2.05) is 32.0 Å². The maximum absolute atomic E-state index is 11.1. The van der Waals surface area contributed by atoms with E-state index in [0.717, 1.165) is 10.0 Å². The molecule has 1 aliphatic rings. The maximum atomic E-state index is 11.1. The summed E-state index contributed by atoms with van der Waals surface area (Å²) in [7, 11) is 0. The molecule has 0 radical (unpaired) electrons. The van der Waals surface area contributed by atoms with Crippen LogP contribution >= 0.6 is 15.9 Å². The van der Waals surface area contributed by atoms with Gasteiger partial charge in [-0.25, -0.2) is 0 Å². The Bertz CT molecular complexity index is 464. The van der Waals surface area contributed by atoms with Crippen LogP contribution in [0.1, 0.15) is 25.8 Å². The second kappa shape index (κ2) is 4.67. The highest BCUT2D eigenvalue weighted by molar-refractivity contribution is 9.10. The Hall–Kier alpha value is -0.870. The van der Waals surface area contributed by atoms with Gasteiger partial charge in [0.2, 0.25) is 0 Å². The zero-order valence-electron chi connectivity index (χ0n) is 10.6. The highest BCUT2D eigenvalue weighted by atomic mass is 79.9. The molecule has 3 nitrogen and oxygen atoms in total. The van der Waals surface area contributed by atoms with Gasteiger partial charge in [0, 0.05) is 9.89 Å². The largest absolute Gasteiger partial charge is 0.481 e. The van der Waals surface area contributed by atoms with E-state index < -0.39 is 5.97 Å². The summed E-state index contributed by atoms with van der Waals surface area (Å²) in [6.07, 6.45) is 0.137. The number of carboxylic acids is 1. The van der Waals surface area contributed by atoms with Gasteiger partial charge in [0.05, 0.1) is 19.6 Å². The minimum absolute atomic E-state index is 0.137. The molecule has 0 unspecified atom stereocenters. The van der Waals surface area contributed by atoms with Gasteiger partial charge in [-0.05, 0) is 17.0 Å². The van der Waals surface area contributed by atoms with Gasteiger partial charge in [0.1, 0.15) is 0 Å². The second-order valence-corrected chi connectivity index (χ2v) is 6.36. The lowest BCUT2D eigenvalue weighted by atomic mass is 9.59. The molecule has 98 valence electrons. The number of hydrogen-bond acceptors (Lipinski definition) is 2. The van der Waals surface area contributed by atoms with E-state index in [4.69, 9.17) is 9.84 Å². The molecule has 0 saturated carbocycles. The van der Waals surface area contributed by atoms with Crippen LogP contribution in [-0.2, 0) is 14.9 Å². The quantitative estimate of drug-likeness (QED) is 0.928. The summed E-state index contributed by atoms with van der Waals surface area (Å²) in [5, 5.41) is 9.10. The van der Waals surface area contributed by atoms with Crippen molar-refractivity contribution in [1.29, 1.82) is 0 Å². The molecule has 0 atom stereocenters.